The van der Waals surface area contributed by atoms with E-state index < -0.39 is 0 Å². The minimum atomic E-state index is 0.400. The molecule has 2 aliphatic heterocycles. The highest BCUT2D eigenvalue weighted by Crippen LogP contribution is 2.21. The zero-order chi connectivity index (χ0) is 13.1. The first-order valence-corrected chi connectivity index (χ1v) is 7.57. The first-order chi connectivity index (χ1) is 9.31. The van der Waals surface area contributed by atoms with Gasteiger partial charge in [0.1, 0.15) is 0 Å². The molecule has 19 heavy (non-hydrogen) atoms. The van der Waals surface area contributed by atoms with Crippen LogP contribution in [0.4, 0.5) is 0 Å². The molecule has 2 heterocycles. The molecule has 2 saturated heterocycles. The average Bonchev–Trinajstić information content (AvgIpc) is 2.88. The van der Waals surface area contributed by atoms with Crippen LogP contribution in [0.25, 0.3) is 0 Å². The van der Waals surface area contributed by atoms with Crippen molar-refractivity contribution < 1.29 is 0 Å². The van der Waals surface area contributed by atoms with Crippen LogP contribution >= 0.6 is 0 Å². The zero-order valence-electron chi connectivity index (χ0n) is 11.7. The molecular weight excluding hydrogens is 234 g/mol. The van der Waals surface area contributed by atoms with Gasteiger partial charge in [-0.15, -0.1) is 0 Å². The number of piperidine rings is 1. The maximum absolute atomic E-state index is 6.10. The summed E-state index contributed by atoms with van der Waals surface area (Å²) in [6.07, 6.45) is 3.78. The third-order valence-corrected chi connectivity index (χ3v) is 4.50. The Hall–Kier alpha value is -0.900. The molecule has 0 saturated carbocycles. The van der Waals surface area contributed by atoms with Crippen LogP contribution in [0.3, 0.4) is 0 Å². The summed E-state index contributed by atoms with van der Waals surface area (Å²) < 4.78 is 0. The minimum absolute atomic E-state index is 0.400. The van der Waals surface area contributed by atoms with Gasteiger partial charge in [0.05, 0.1) is 0 Å². The van der Waals surface area contributed by atoms with Crippen molar-refractivity contribution in [2.24, 2.45) is 5.73 Å². The van der Waals surface area contributed by atoms with Gasteiger partial charge in [-0.25, -0.2) is 0 Å². The predicted octanol–water partition coefficient (Wildman–Crippen LogP) is 1.68. The number of rotatable bonds is 3. The lowest BCUT2D eigenvalue weighted by atomic mass is 10.0. The lowest BCUT2D eigenvalue weighted by Gasteiger charge is -2.35. The molecule has 0 amide bonds. The van der Waals surface area contributed by atoms with Crippen molar-refractivity contribution in [2.75, 3.05) is 26.2 Å². The summed E-state index contributed by atoms with van der Waals surface area (Å²) in [5.74, 6) is 0. The van der Waals surface area contributed by atoms with E-state index >= 15 is 0 Å². The van der Waals surface area contributed by atoms with Gasteiger partial charge in [0.2, 0.25) is 0 Å². The van der Waals surface area contributed by atoms with Crippen molar-refractivity contribution in [3.63, 3.8) is 0 Å². The van der Waals surface area contributed by atoms with Crippen LogP contribution in [0.5, 0.6) is 0 Å². The van der Waals surface area contributed by atoms with Gasteiger partial charge in [-0.2, -0.15) is 0 Å². The van der Waals surface area contributed by atoms with Gasteiger partial charge in [-0.1, -0.05) is 30.3 Å². The lowest BCUT2D eigenvalue weighted by molar-refractivity contribution is 0.148. The van der Waals surface area contributed by atoms with Crippen molar-refractivity contribution >= 4 is 0 Å². The van der Waals surface area contributed by atoms with E-state index in [1.165, 1.54) is 44.5 Å². The van der Waals surface area contributed by atoms with E-state index in [0.29, 0.717) is 6.04 Å². The second-order valence-electron chi connectivity index (χ2n) is 6.06. The Kier molecular flexibility index (Phi) is 4.16. The number of nitrogens with two attached hydrogens (primary N) is 1. The third-order valence-electron chi connectivity index (χ3n) is 4.50. The summed E-state index contributed by atoms with van der Waals surface area (Å²) in [4.78, 5) is 5.21. The molecule has 2 N–H and O–H groups in total. The van der Waals surface area contributed by atoms with Crippen molar-refractivity contribution in [1.29, 1.82) is 0 Å². The smallest absolute Gasteiger partial charge is 0.0236 e. The minimum Gasteiger partial charge on any atom is -0.327 e. The first-order valence-electron chi connectivity index (χ1n) is 7.57. The Bertz CT molecular complexity index is 392. The third kappa shape index (κ3) is 3.35. The molecule has 0 spiro atoms. The van der Waals surface area contributed by atoms with Crippen LogP contribution in [-0.2, 0) is 6.54 Å². The monoisotopic (exact) mass is 259 g/mol. The summed E-state index contributed by atoms with van der Waals surface area (Å²) in [5.41, 5.74) is 7.52. The Morgan fingerprint density at radius 3 is 2.68 bits per heavy atom. The molecule has 104 valence electrons. The van der Waals surface area contributed by atoms with E-state index in [0.717, 1.165) is 19.1 Å². The zero-order valence-corrected chi connectivity index (χ0v) is 11.7. The predicted molar refractivity (Wildman–Crippen MR) is 78.9 cm³/mol. The van der Waals surface area contributed by atoms with Crippen LogP contribution in [0.15, 0.2) is 30.3 Å². The fourth-order valence-corrected chi connectivity index (χ4v) is 3.47. The summed E-state index contributed by atoms with van der Waals surface area (Å²) >= 11 is 0. The molecule has 3 rings (SSSR count). The second-order valence-corrected chi connectivity index (χ2v) is 6.06. The molecule has 0 radical (unpaired) electrons. The second kappa shape index (κ2) is 6.04. The van der Waals surface area contributed by atoms with E-state index in [-0.39, 0.29) is 0 Å². The molecule has 2 atom stereocenters. The van der Waals surface area contributed by atoms with Crippen molar-refractivity contribution in [1.82, 2.24) is 9.80 Å². The van der Waals surface area contributed by atoms with E-state index in [1.54, 1.807) is 0 Å². The summed E-state index contributed by atoms with van der Waals surface area (Å²) in [5, 5.41) is 0. The number of nitrogens with zero attached hydrogens (tertiary/aromatic N) is 2. The highest BCUT2D eigenvalue weighted by Gasteiger charge is 2.29. The van der Waals surface area contributed by atoms with Gasteiger partial charge in [0.25, 0.3) is 0 Å². The Labute approximate surface area is 116 Å². The normalized spacial score (nSPS) is 29.7. The van der Waals surface area contributed by atoms with Gasteiger partial charge in [0, 0.05) is 38.3 Å². The van der Waals surface area contributed by atoms with Gasteiger partial charge in [-0.05, 0) is 31.4 Å². The van der Waals surface area contributed by atoms with Crippen LogP contribution in [0.2, 0.25) is 0 Å². The number of likely N-dealkylation sites (tertiary alicyclic amines) is 2. The topological polar surface area (TPSA) is 32.5 Å². The Morgan fingerprint density at radius 1 is 1.05 bits per heavy atom. The standard InChI is InChI=1S/C16H25N3/c17-15-7-4-9-19(12-15)16-8-10-18(13-16)11-14-5-2-1-3-6-14/h1-3,5-6,15-16H,4,7-13,17H2. The lowest BCUT2D eigenvalue weighted by Crippen LogP contribution is -2.48. The van der Waals surface area contributed by atoms with Gasteiger partial charge >= 0.3 is 0 Å². The van der Waals surface area contributed by atoms with Gasteiger partial charge in [-0.3, -0.25) is 9.80 Å². The molecule has 2 unspecified atom stereocenters. The van der Waals surface area contributed by atoms with E-state index in [4.69, 9.17) is 5.73 Å². The van der Waals surface area contributed by atoms with Crippen molar-refractivity contribution in [3.8, 4) is 0 Å². The molecule has 2 aliphatic rings. The van der Waals surface area contributed by atoms with E-state index in [9.17, 15) is 0 Å². The number of hydrogen-bond acceptors (Lipinski definition) is 3. The van der Waals surface area contributed by atoms with Crippen molar-refractivity contribution in [3.05, 3.63) is 35.9 Å². The molecule has 0 bridgehead atoms. The van der Waals surface area contributed by atoms with E-state index in [2.05, 4.69) is 40.1 Å². The quantitative estimate of drug-likeness (QED) is 0.896. The molecule has 1 aromatic rings. The molecular formula is C16H25N3. The molecule has 3 nitrogen and oxygen atoms in total. The summed E-state index contributed by atoms with van der Waals surface area (Å²) in [6.45, 7) is 5.88. The van der Waals surface area contributed by atoms with Crippen LogP contribution in [0.1, 0.15) is 24.8 Å². The first kappa shape index (κ1) is 13.1. The fraction of sp³-hybridized carbons (Fsp3) is 0.625. The van der Waals surface area contributed by atoms with Crippen molar-refractivity contribution in [2.45, 2.75) is 37.9 Å². The van der Waals surface area contributed by atoms with Crippen LogP contribution < -0.4 is 5.73 Å². The molecule has 0 aliphatic carbocycles. The maximum atomic E-state index is 6.10. The maximum Gasteiger partial charge on any atom is 0.0236 e. The molecule has 1 aromatic carbocycles. The SMILES string of the molecule is NC1CCCN(C2CCN(Cc3ccccc3)C2)C1. The number of benzene rings is 1. The fourth-order valence-electron chi connectivity index (χ4n) is 3.47. The highest BCUT2D eigenvalue weighted by atomic mass is 15.3. The van der Waals surface area contributed by atoms with E-state index in [1.807, 2.05) is 0 Å². The molecule has 3 heteroatoms. The Balaban J connectivity index is 1.52. The Morgan fingerprint density at radius 2 is 1.89 bits per heavy atom. The summed E-state index contributed by atoms with van der Waals surface area (Å²) in [7, 11) is 0. The van der Waals surface area contributed by atoms with Crippen LogP contribution in [0, 0.1) is 0 Å². The van der Waals surface area contributed by atoms with Gasteiger partial charge in [0.15, 0.2) is 0 Å². The van der Waals surface area contributed by atoms with Crippen LogP contribution in [-0.4, -0.2) is 48.1 Å². The van der Waals surface area contributed by atoms with Gasteiger partial charge < -0.3 is 5.73 Å². The molecule has 2 fully saturated rings. The highest BCUT2D eigenvalue weighted by molar-refractivity contribution is 5.14. The molecule has 0 aromatic heterocycles. The summed E-state index contributed by atoms with van der Waals surface area (Å²) in [6, 6.07) is 11.9. The average molecular weight is 259 g/mol. The largest absolute Gasteiger partial charge is 0.327 e. The number of hydrogen-bond donors (Lipinski definition) is 1.